The zero-order valence-electron chi connectivity index (χ0n) is 18.3. The molecule has 1 aliphatic rings. The molecule has 0 saturated carbocycles. The molecule has 6 nitrogen and oxygen atoms in total. The Morgan fingerprint density at radius 2 is 1.74 bits per heavy atom. The van der Waals surface area contributed by atoms with E-state index in [1.54, 1.807) is 14.2 Å². The summed E-state index contributed by atoms with van der Waals surface area (Å²) in [5.41, 5.74) is 3.40. The third-order valence-electron chi connectivity index (χ3n) is 5.39. The van der Waals surface area contributed by atoms with Gasteiger partial charge in [-0.15, -0.1) is 0 Å². The molecule has 2 heterocycles. The van der Waals surface area contributed by atoms with E-state index in [0.717, 1.165) is 54.2 Å². The Kier molecular flexibility index (Phi) is 6.18. The van der Waals surface area contributed by atoms with Gasteiger partial charge in [0, 0.05) is 35.8 Å². The molecule has 0 saturated heterocycles. The molecule has 0 fully saturated rings. The first-order valence-corrected chi connectivity index (χ1v) is 10.7. The molecule has 3 aromatic rings. The molecule has 2 aromatic carbocycles. The second kappa shape index (κ2) is 9.02. The second-order valence-corrected chi connectivity index (χ2v) is 8.34. The smallest absolute Gasteiger partial charge is 0.161 e. The largest absolute Gasteiger partial charge is 0.493 e. The first-order valence-electron chi connectivity index (χ1n) is 10.4. The highest BCUT2D eigenvalue weighted by atomic mass is 35.5. The number of methoxy groups -OCH3 is 2. The zero-order chi connectivity index (χ0) is 22.0. The van der Waals surface area contributed by atoms with E-state index in [1.807, 2.05) is 30.3 Å². The Balaban J connectivity index is 1.65. The van der Waals surface area contributed by atoms with E-state index in [9.17, 15) is 0 Å². The third-order valence-corrected chi connectivity index (χ3v) is 5.62. The Morgan fingerprint density at radius 1 is 1.00 bits per heavy atom. The molecule has 0 spiro atoms. The molecule has 31 heavy (non-hydrogen) atoms. The molecule has 0 bridgehead atoms. The molecule has 1 N–H and O–H groups in total. The molecule has 0 amide bonds. The van der Waals surface area contributed by atoms with E-state index in [1.165, 1.54) is 11.1 Å². The number of hydrogen-bond acceptors (Lipinski definition) is 6. The van der Waals surface area contributed by atoms with Crippen LogP contribution in [0, 0.1) is 0 Å². The maximum Gasteiger partial charge on any atom is 0.161 e. The van der Waals surface area contributed by atoms with Crippen molar-refractivity contribution in [2.45, 2.75) is 32.7 Å². The molecular weight excluding hydrogens is 412 g/mol. The monoisotopic (exact) mass is 438 g/mol. The van der Waals surface area contributed by atoms with Crippen molar-refractivity contribution in [1.29, 1.82) is 0 Å². The fraction of sp³-hybridized carbons (Fsp3) is 0.333. The van der Waals surface area contributed by atoms with Crippen LogP contribution in [0.2, 0.25) is 5.02 Å². The van der Waals surface area contributed by atoms with Crippen LogP contribution in [0.25, 0.3) is 0 Å². The maximum absolute atomic E-state index is 6.14. The number of rotatable bonds is 6. The summed E-state index contributed by atoms with van der Waals surface area (Å²) in [7, 11) is 3.33. The summed E-state index contributed by atoms with van der Waals surface area (Å²) in [6.07, 6.45) is 0.910. The minimum absolute atomic E-state index is 0.210. The van der Waals surface area contributed by atoms with Crippen molar-refractivity contribution in [1.82, 2.24) is 9.97 Å². The van der Waals surface area contributed by atoms with Crippen molar-refractivity contribution in [2.75, 3.05) is 31.0 Å². The lowest BCUT2D eigenvalue weighted by Gasteiger charge is -2.31. The maximum atomic E-state index is 6.14. The van der Waals surface area contributed by atoms with Crippen LogP contribution in [0.1, 0.15) is 36.7 Å². The number of halogens is 1. The number of fused-ring (bicyclic) bond motifs is 1. The Hall–Kier alpha value is -2.99. The lowest BCUT2D eigenvalue weighted by atomic mass is 9.98. The number of nitrogens with one attached hydrogen (secondary N) is 1. The number of hydrogen-bond donors (Lipinski definition) is 1. The molecule has 0 atom stereocenters. The Labute approximate surface area is 188 Å². The normalized spacial score (nSPS) is 13.2. The van der Waals surface area contributed by atoms with E-state index in [4.69, 9.17) is 31.0 Å². The predicted molar refractivity (Wildman–Crippen MR) is 125 cm³/mol. The van der Waals surface area contributed by atoms with Crippen molar-refractivity contribution in [3.05, 3.63) is 64.4 Å². The van der Waals surface area contributed by atoms with Gasteiger partial charge >= 0.3 is 0 Å². The van der Waals surface area contributed by atoms with Crippen LogP contribution in [-0.4, -0.2) is 30.7 Å². The molecule has 0 radical (unpaired) electrons. The summed E-state index contributed by atoms with van der Waals surface area (Å²) in [5, 5.41) is 4.05. The Bertz CT molecular complexity index is 1090. The van der Waals surface area contributed by atoms with Crippen LogP contribution in [0.3, 0.4) is 0 Å². The van der Waals surface area contributed by atoms with Gasteiger partial charge in [-0.2, -0.15) is 0 Å². The lowest BCUT2D eigenvalue weighted by molar-refractivity contribution is 0.353. The third kappa shape index (κ3) is 4.69. The highest BCUT2D eigenvalue weighted by Crippen LogP contribution is 2.35. The van der Waals surface area contributed by atoms with Gasteiger partial charge in [-0.25, -0.2) is 9.97 Å². The zero-order valence-corrected chi connectivity index (χ0v) is 19.0. The van der Waals surface area contributed by atoms with E-state index < -0.39 is 0 Å². The fourth-order valence-corrected chi connectivity index (χ4v) is 3.92. The van der Waals surface area contributed by atoms with Gasteiger partial charge in [0.1, 0.15) is 17.5 Å². The van der Waals surface area contributed by atoms with E-state index in [-0.39, 0.29) is 5.92 Å². The van der Waals surface area contributed by atoms with Gasteiger partial charge in [-0.3, -0.25) is 0 Å². The van der Waals surface area contributed by atoms with Crippen molar-refractivity contribution in [2.24, 2.45) is 0 Å². The highest BCUT2D eigenvalue weighted by molar-refractivity contribution is 6.30. The number of ether oxygens (including phenoxy) is 2. The lowest BCUT2D eigenvalue weighted by Crippen LogP contribution is -2.31. The van der Waals surface area contributed by atoms with Crippen molar-refractivity contribution in [3.63, 3.8) is 0 Å². The topological polar surface area (TPSA) is 59.5 Å². The van der Waals surface area contributed by atoms with Crippen LogP contribution in [-0.2, 0) is 13.0 Å². The molecule has 0 unspecified atom stereocenters. The SMILES string of the molecule is COc1cc2c(cc1OC)CN(c1cc(Nc3cccc(Cl)c3)nc(C(C)C)n1)CC2. The summed E-state index contributed by atoms with van der Waals surface area (Å²) in [5.74, 6) is 4.20. The van der Waals surface area contributed by atoms with Crippen molar-refractivity contribution >= 4 is 28.9 Å². The number of anilines is 3. The fourth-order valence-electron chi connectivity index (χ4n) is 3.73. The highest BCUT2D eigenvalue weighted by Gasteiger charge is 2.22. The van der Waals surface area contributed by atoms with Gasteiger partial charge in [-0.1, -0.05) is 31.5 Å². The molecule has 1 aliphatic heterocycles. The molecule has 0 aliphatic carbocycles. The van der Waals surface area contributed by atoms with E-state index >= 15 is 0 Å². The first kappa shape index (κ1) is 21.2. The summed E-state index contributed by atoms with van der Waals surface area (Å²) in [6.45, 7) is 5.82. The summed E-state index contributed by atoms with van der Waals surface area (Å²) < 4.78 is 11.0. The molecule has 1 aromatic heterocycles. The van der Waals surface area contributed by atoms with Gasteiger partial charge in [0.25, 0.3) is 0 Å². The molecule has 7 heteroatoms. The van der Waals surface area contributed by atoms with Crippen LogP contribution in [0.5, 0.6) is 11.5 Å². The van der Waals surface area contributed by atoms with Gasteiger partial charge in [0.15, 0.2) is 11.5 Å². The van der Waals surface area contributed by atoms with Crippen molar-refractivity contribution in [3.8, 4) is 11.5 Å². The van der Waals surface area contributed by atoms with Crippen molar-refractivity contribution < 1.29 is 9.47 Å². The van der Waals surface area contributed by atoms with Gasteiger partial charge in [0.05, 0.1) is 14.2 Å². The summed E-state index contributed by atoms with van der Waals surface area (Å²) >= 11 is 6.14. The van der Waals surface area contributed by atoms with Gasteiger partial charge < -0.3 is 19.7 Å². The minimum atomic E-state index is 0.210. The average molecular weight is 439 g/mol. The number of aromatic nitrogens is 2. The number of benzene rings is 2. The predicted octanol–water partition coefficient (Wildman–Crippen LogP) is 5.58. The van der Waals surface area contributed by atoms with Crippen LogP contribution in [0.4, 0.5) is 17.3 Å². The first-order chi connectivity index (χ1) is 15.0. The standard InChI is InChI=1S/C24H27ClN4O2/c1-15(2)24-27-22(26-19-7-5-6-18(25)12-19)13-23(28-24)29-9-8-16-10-20(30-3)21(31-4)11-17(16)14-29/h5-7,10-13,15H,8-9,14H2,1-4H3,(H,26,27,28). The van der Waals surface area contributed by atoms with Crippen LogP contribution >= 0.6 is 11.6 Å². The quantitative estimate of drug-likeness (QED) is 0.542. The van der Waals surface area contributed by atoms with E-state index in [0.29, 0.717) is 5.02 Å². The van der Waals surface area contributed by atoms with Crippen LogP contribution in [0.15, 0.2) is 42.5 Å². The van der Waals surface area contributed by atoms with Gasteiger partial charge in [-0.05, 0) is 47.9 Å². The molecule has 4 rings (SSSR count). The molecule has 162 valence electrons. The van der Waals surface area contributed by atoms with Crippen LogP contribution < -0.4 is 19.7 Å². The second-order valence-electron chi connectivity index (χ2n) is 7.91. The summed E-state index contributed by atoms with van der Waals surface area (Å²) in [6, 6.07) is 13.8. The average Bonchev–Trinajstić information content (AvgIpc) is 2.77. The van der Waals surface area contributed by atoms with E-state index in [2.05, 4.69) is 36.2 Å². The summed E-state index contributed by atoms with van der Waals surface area (Å²) in [4.78, 5) is 11.9. The van der Waals surface area contributed by atoms with Gasteiger partial charge in [0.2, 0.25) is 0 Å². The molecular formula is C24H27ClN4O2. The Morgan fingerprint density at radius 3 is 2.42 bits per heavy atom. The minimum Gasteiger partial charge on any atom is -0.493 e. The number of nitrogens with zero attached hydrogens (tertiary/aromatic N) is 3.